The predicted molar refractivity (Wildman–Crippen MR) is 74.3 cm³/mol. The Bertz CT molecular complexity index is 229. The van der Waals surface area contributed by atoms with Gasteiger partial charge in [-0.25, -0.2) is 0 Å². The van der Waals surface area contributed by atoms with Gasteiger partial charge in [-0.1, -0.05) is 26.2 Å². The Morgan fingerprint density at radius 3 is 2.47 bits per heavy atom. The zero-order valence-corrected chi connectivity index (χ0v) is 11.9. The first-order valence-corrected chi connectivity index (χ1v) is 7.65. The van der Waals surface area contributed by atoms with Gasteiger partial charge in [0.15, 0.2) is 0 Å². The van der Waals surface area contributed by atoms with Crippen LogP contribution in [0.25, 0.3) is 0 Å². The topological polar surface area (TPSA) is 15.3 Å². The number of nitrogens with one attached hydrogen (secondary N) is 1. The molecule has 100 valence electrons. The summed E-state index contributed by atoms with van der Waals surface area (Å²) in [5.41, 5.74) is 0. The van der Waals surface area contributed by atoms with E-state index in [9.17, 15) is 0 Å². The third-order valence-electron chi connectivity index (χ3n) is 5.08. The molecule has 17 heavy (non-hydrogen) atoms. The van der Waals surface area contributed by atoms with Crippen molar-refractivity contribution in [2.24, 2.45) is 5.92 Å². The van der Waals surface area contributed by atoms with Crippen molar-refractivity contribution in [2.45, 2.75) is 76.9 Å². The average molecular weight is 238 g/mol. The van der Waals surface area contributed by atoms with E-state index in [1.54, 1.807) is 0 Å². The smallest absolute Gasteiger partial charge is 0.0124 e. The first-order chi connectivity index (χ1) is 8.22. The number of hydrogen-bond acceptors (Lipinski definition) is 2. The molecule has 2 nitrogen and oxygen atoms in total. The summed E-state index contributed by atoms with van der Waals surface area (Å²) in [4.78, 5) is 2.82. The number of rotatable bonds is 2. The molecule has 4 atom stereocenters. The Morgan fingerprint density at radius 2 is 1.76 bits per heavy atom. The van der Waals surface area contributed by atoms with Crippen molar-refractivity contribution >= 4 is 0 Å². The second-order valence-corrected chi connectivity index (χ2v) is 6.28. The first kappa shape index (κ1) is 13.4. The van der Waals surface area contributed by atoms with Gasteiger partial charge in [-0.3, -0.25) is 4.90 Å². The summed E-state index contributed by atoms with van der Waals surface area (Å²) >= 11 is 0. The third-order valence-corrected chi connectivity index (χ3v) is 5.08. The molecule has 2 heteroatoms. The molecule has 0 aromatic heterocycles. The molecule has 4 unspecified atom stereocenters. The van der Waals surface area contributed by atoms with E-state index < -0.39 is 0 Å². The minimum atomic E-state index is 0.752. The molecule has 1 saturated carbocycles. The molecule has 0 aromatic carbocycles. The minimum Gasteiger partial charge on any atom is -0.317 e. The lowest BCUT2D eigenvalue weighted by Gasteiger charge is -2.44. The van der Waals surface area contributed by atoms with Crippen LogP contribution in [0, 0.1) is 5.92 Å². The SMILES string of the molecule is CNC1CCN(C2CCCCCC2C)C(C)C1. The van der Waals surface area contributed by atoms with Crippen molar-refractivity contribution in [3.8, 4) is 0 Å². The summed E-state index contributed by atoms with van der Waals surface area (Å²) in [7, 11) is 2.11. The maximum absolute atomic E-state index is 3.45. The van der Waals surface area contributed by atoms with Crippen LogP contribution in [0.4, 0.5) is 0 Å². The van der Waals surface area contributed by atoms with Crippen LogP contribution in [-0.4, -0.2) is 36.6 Å². The maximum Gasteiger partial charge on any atom is 0.0124 e. The van der Waals surface area contributed by atoms with Crippen LogP contribution in [0.5, 0.6) is 0 Å². The average Bonchev–Trinajstić information content (AvgIpc) is 2.54. The van der Waals surface area contributed by atoms with Gasteiger partial charge in [-0.15, -0.1) is 0 Å². The molecule has 1 aliphatic carbocycles. The van der Waals surface area contributed by atoms with Crippen molar-refractivity contribution in [1.82, 2.24) is 10.2 Å². The second-order valence-electron chi connectivity index (χ2n) is 6.28. The van der Waals surface area contributed by atoms with E-state index in [0.717, 1.165) is 24.0 Å². The molecule has 0 aromatic rings. The molecule has 1 aliphatic heterocycles. The van der Waals surface area contributed by atoms with Gasteiger partial charge < -0.3 is 5.32 Å². The normalized spacial score (nSPS) is 41.1. The number of piperidine rings is 1. The summed E-state index contributed by atoms with van der Waals surface area (Å²) in [5.74, 6) is 0.908. The van der Waals surface area contributed by atoms with Crippen LogP contribution in [0.3, 0.4) is 0 Å². The highest BCUT2D eigenvalue weighted by Gasteiger charge is 2.32. The van der Waals surface area contributed by atoms with E-state index in [4.69, 9.17) is 0 Å². The van der Waals surface area contributed by atoms with Crippen molar-refractivity contribution in [3.05, 3.63) is 0 Å². The Hall–Kier alpha value is -0.0800. The van der Waals surface area contributed by atoms with E-state index in [1.807, 2.05) is 0 Å². The van der Waals surface area contributed by atoms with Gasteiger partial charge in [0.05, 0.1) is 0 Å². The molecule has 0 bridgehead atoms. The molecule has 1 N–H and O–H groups in total. The molecule has 1 heterocycles. The zero-order valence-electron chi connectivity index (χ0n) is 11.9. The number of nitrogens with zero attached hydrogens (tertiary/aromatic N) is 1. The van der Waals surface area contributed by atoms with Crippen molar-refractivity contribution in [1.29, 1.82) is 0 Å². The van der Waals surface area contributed by atoms with Gasteiger partial charge >= 0.3 is 0 Å². The van der Waals surface area contributed by atoms with Crippen LogP contribution >= 0.6 is 0 Å². The molecule has 2 rings (SSSR count). The lowest BCUT2D eigenvalue weighted by molar-refractivity contribution is 0.0579. The van der Waals surface area contributed by atoms with E-state index in [0.29, 0.717) is 0 Å². The summed E-state index contributed by atoms with van der Waals surface area (Å²) in [5, 5.41) is 3.45. The summed E-state index contributed by atoms with van der Waals surface area (Å²) in [6.45, 7) is 6.22. The van der Waals surface area contributed by atoms with Crippen LogP contribution in [-0.2, 0) is 0 Å². The molecule has 1 saturated heterocycles. The lowest BCUT2D eigenvalue weighted by atomic mass is 9.89. The lowest BCUT2D eigenvalue weighted by Crippen LogP contribution is -2.52. The number of likely N-dealkylation sites (tertiary alicyclic amines) is 1. The van der Waals surface area contributed by atoms with Gasteiger partial charge in [0.1, 0.15) is 0 Å². The van der Waals surface area contributed by atoms with Crippen molar-refractivity contribution < 1.29 is 0 Å². The summed E-state index contributed by atoms with van der Waals surface area (Å²) in [6, 6.07) is 2.39. The highest BCUT2D eigenvalue weighted by atomic mass is 15.2. The Balaban J connectivity index is 1.96. The van der Waals surface area contributed by atoms with Gasteiger partial charge in [0, 0.05) is 24.7 Å². The van der Waals surface area contributed by atoms with Gasteiger partial charge in [0.2, 0.25) is 0 Å². The standard InChI is InChI=1S/C15H30N2/c1-12-7-5-4-6-8-15(12)17-10-9-14(16-3)11-13(17)2/h12-16H,4-11H2,1-3H3. The first-order valence-electron chi connectivity index (χ1n) is 7.65. The molecule has 0 spiro atoms. The van der Waals surface area contributed by atoms with Crippen molar-refractivity contribution in [2.75, 3.05) is 13.6 Å². The Morgan fingerprint density at radius 1 is 1.00 bits per heavy atom. The molecular formula is C15H30N2. The highest BCUT2D eigenvalue weighted by molar-refractivity contribution is 4.89. The van der Waals surface area contributed by atoms with Crippen LogP contribution in [0.1, 0.15) is 58.8 Å². The van der Waals surface area contributed by atoms with Crippen LogP contribution in [0.2, 0.25) is 0 Å². The van der Waals surface area contributed by atoms with E-state index in [2.05, 4.69) is 31.1 Å². The van der Waals surface area contributed by atoms with Crippen molar-refractivity contribution in [3.63, 3.8) is 0 Å². The zero-order chi connectivity index (χ0) is 12.3. The molecule has 2 aliphatic rings. The Labute approximate surface area is 107 Å². The van der Waals surface area contributed by atoms with Gasteiger partial charge in [-0.2, -0.15) is 0 Å². The number of hydrogen-bond donors (Lipinski definition) is 1. The quantitative estimate of drug-likeness (QED) is 0.744. The third kappa shape index (κ3) is 3.23. The highest BCUT2D eigenvalue weighted by Crippen LogP contribution is 2.31. The fraction of sp³-hybridized carbons (Fsp3) is 1.00. The van der Waals surface area contributed by atoms with Gasteiger partial charge in [-0.05, 0) is 45.6 Å². The minimum absolute atomic E-state index is 0.752. The second kappa shape index (κ2) is 6.19. The van der Waals surface area contributed by atoms with E-state index >= 15 is 0 Å². The fourth-order valence-corrected chi connectivity index (χ4v) is 3.91. The summed E-state index contributed by atoms with van der Waals surface area (Å²) < 4.78 is 0. The van der Waals surface area contributed by atoms with E-state index in [-0.39, 0.29) is 0 Å². The molecule has 0 radical (unpaired) electrons. The van der Waals surface area contributed by atoms with Crippen LogP contribution in [0.15, 0.2) is 0 Å². The van der Waals surface area contributed by atoms with E-state index in [1.165, 1.54) is 51.5 Å². The Kier molecular flexibility index (Phi) is 4.87. The monoisotopic (exact) mass is 238 g/mol. The summed E-state index contributed by atoms with van der Waals surface area (Å²) in [6.07, 6.45) is 9.93. The predicted octanol–water partition coefficient (Wildman–Crippen LogP) is 3.03. The fourth-order valence-electron chi connectivity index (χ4n) is 3.91. The molecular weight excluding hydrogens is 208 g/mol. The maximum atomic E-state index is 3.45. The van der Waals surface area contributed by atoms with Crippen LogP contribution < -0.4 is 5.32 Å². The molecule has 2 fully saturated rings. The van der Waals surface area contributed by atoms with Gasteiger partial charge in [0.25, 0.3) is 0 Å². The molecule has 0 amide bonds. The largest absolute Gasteiger partial charge is 0.317 e.